The first kappa shape index (κ1) is 21.5. The Kier molecular flexibility index (Phi) is 6.81. The Morgan fingerprint density at radius 2 is 2.00 bits per heavy atom. The molecule has 0 unspecified atom stereocenters. The summed E-state index contributed by atoms with van der Waals surface area (Å²) >= 11 is 7.32. The van der Waals surface area contributed by atoms with Gasteiger partial charge in [0.1, 0.15) is 6.54 Å². The van der Waals surface area contributed by atoms with Crippen molar-refractivity contribution in [1.82, 2.24) is 4.57 Å². The number of carbonyl (C=O) groups excluding carboxylic acids is 3. The third-order valence-electron chi connectivity index (χ3n) is 4.03. The number of fused-ring (bicyclic) bond motifs is 1. The lowest BCUT2D eigenvalue weighted by Crippen LogP contribution is -2.22. The fourth-order valence-corrected chi connectivity index (χ4v) is 3.96. The minimum Gasteiger partial charge on any atom is -0.468 e. The SMILES string of the molecule is COC(=O)Cn1c(=NC(=O)/C=C/c2ccccc2Cl)sc2cc(NC(C)=O)ccc21. The number of esters is 1. The minimum atomic E-state index is -0.498. The molecule has 0 saturated heterocycles. The zero-order valence-electron chi connectivity index (χ0n) is 16.2. The maximum Gasteiger partial charge on any atom is 0.325 e. The molecule has 0 aliphatic carbocycles. The molecule has 0 radical (unpaired) electrons. The second-order valence-corrected chi connectivity index (χ2v) is 7.63. The van der Waals surface area contributed by atoms with Gasteiger partial charge >= 0.3 is 5.97 Å². The fraction of sp³-hybridized carbons (Fsp3) is 0.143. The number of amides is 2. The second kappa shape index (κ2) is 9.51. The first-order valence-corrected chi connectivity index (χ1v) is 10.1. The van der Waals surface area contributed by atoms with Gasteiger partial charge in [0.2, 0.25) is 5.91 Å². The van der Waals surface area contributed by atoms with Crippen molar-refractivity contribution >= 4 is 62.7 Å². The maximum atomic E-state index is 12.4. The van der Waals surface area contributed by atoms with Crippen LogP contribution in [0.3, 0.4) is 0 Å². The first-order chi connectivity index (χ1) is 14.4. The van der Waals surface area contributed by atoms with Crippen molar-refractivity contribution in [3.63, 3.8) is 0 Å². The highest BCUT2D eigenvalue weighted by molar-refractivity contribution is 7.16. The van der Waals surface area contributed by atoms with Crippen molar-refractivity contribution in [3.8, 4) is 0 Å². The van der Waals surface area contributed by atoms with Gasteiger partial charge in [-0.2, -0.15) is 4.99 Å². The highest BCUT2D eigenvalue weighted by Gasteiger charge is 2.12. The molecular weight excluding hydrogens is 426 g/mol. The maximum absolute atomic E-state index is 12.4. The molecule has 0 aliphatic heterocycles. The van der Waals surface area contributed by atoms with Gasteiger partial charge < -0.3 is 14.6 Å². The summed E-state index contributed by atoms with van der Waals surface area (Å²) in [5.41, 5.74) is 2.00. The van der Waals surface area contributed by atoms with Gasteiger partial charge in [-0.15, -0.1) is 0 Å². The van der Waals surface area contributed by atoms with Crippen molar-refractivity contribution in [2.24, 2.45) is 4.99 Å². The molecule has 3 rings (SSSR count). The Hall–Kier alpha value is -3.23. The molecule has 30 heavy (non-hydrogen) atoms. The summed E-state index contributed by atoms with van der Waals surface area (Å²) in [6.07, 6.45) is 2.90. The Morgan fingerprint density at radius 1 is 1.23 bits per heavy atom. The standard InChI is InChI=1S/C21H18ClN3O4S/c1-13(26)23-15-8-9-17-18(11-15)30-21(25(17)12-20(28)29-2)24-19(27)10-7-14-5-3-4-6-16(14)22/h3-11H,12H2,1-2H3,(H,23,26)/b10-7+,24-21?. The van der Waals surface area contributed by atoms with E-state index >= 15 is 0 Å². The number of nitrogens with one attached hydrogen (secondary N) is 1. The van der Waals surface area contributed by atoms with Gasteiger partial charge in [0.25, 0.3) is 5.91 Å². The number of halogens is 1. The molecule has 9 heteroatoms. The molecule has 154 valence electrons. The molecule has 0 fully saturated rings. The molecule has 0 atom stereocenters. The van der Waals surface area contributed by atoms with Crippen molar-refractivity contribution in [2.75, 3.05) is 12.4 Å². The number of aromatic nitrogens is 1. The second-order valence-electron chi connectivity index (χ2n) is 6.22. The molecule has 1 N–H and O–H groups in total. The summed E-state index contributed by atoms with van der Waals surface area (Å²) in [6.45, 7) is 1.32. The van der Waals surface area contributed by atoms with Crippen LogP contribution >= 0.6 is 22.9 Å². The molecule has 2 aromatic carbocycles. The average Bonchev–Trinajstić information content (AvgIpc) is 3.02. The summed E-state index contributed by atoms with van der Waals surface area (Å²) in [7, 11) is 1.29. The summed E-state index contributed by atoms with van der Waals surface area (Å²) in [6, 6.07) is 12.4. The Balaban J connectivity index is 2.02. The van der Waals surface area contributed by atoms with E-state index in [1.54, 1.807) is 47.0 Å². The molecule has 0 aliphatic rings. The first-order valence-electron chi connectivity index (χ1n) is 8.86. The number of ether oxygens (including phenoxy) is 1. The predicted molar refractivity (Wildman–Crippen MR) is 117 cm³/mol. The molecular formula is C21H18ClN3O4S. The largest absolute Gasteiger partial charge is 0.468 e. The van der Waals surface area contributed by atoms with E-state index in [0.717, 1.165) is 4.70 Å². The van der Waals surface area contributed by atoms with Gasteiger partial charge in [0.05, 0.1) is 17.3 Å². The van der Waals surface area contributed by atoms with E-state index < -0.39 is 11.9 Å². The third-order valence-corrected chi connectivity index (χ3v) is 5.42. The van der Waals surface area contributed by atoms with Crippen molar-refractivity contribution in [3.05, 3.63) is 63.9 Å². The van der Waals surface area contributed by atoms with E-state index in [1.165, 1.54) is 31.4 Å². The topological polar surface area (TPSA) is 89.8 Å². The molecule has 0 spiro atoms. The lowest BCUT2D eigenvalue weighted by atomic mass is 10.2. The van der Waals surface area contributed by atoms with Crippen molar-refractivity contribution in [1.29, 1.82) is 0 Å². The Morgan fingerprint density at radius 3 is 2.70 bits per heavy atom. The lowest BCUT2D eigenvalue weighted by Gasteiger charge is -2.05. The van der Waals surface area contributed by atoms with Gasteiger partial charge in [0.15, 0.2) is 4.80 Å². The van der Waals surface area contributed by atoms with E-state index in [4.69, 9.17) is 16.3 Å². The molecule has 1 heterocycles. The molecule has 3 aromatic rings. The number of nitrogens with zero attached hydrogens (tertiary/aromatic N) is 2. The zero-order chi connectivity index (χ0) is 21.7. The lowest BCUT2D eigenvalue weighted by molar-refractivity contribution is -0.141. The molecule has 1 aromatic heterocycles. The number of anilines is 1. The minimum absolute atomic E-state index is 0.101. The van der Waals surface area contributed by atoms with E-state index in [2.05, 4.69) is 10.3 Å². The van der Waals surface area contributed by atoms with Crippen LogP contribution in [0.15, 0.2) is 53.5 Å². The average molecular weight is 444 g/mol. The van der Waals surface area contributed by atoms with Crippen LogP contribution in [0.4, 0.5) is 5.69 Å². The van der Waals surface area contributed by atoms with Gasteiger partial charge in [-0.05, 0) is 35.9 Å². The van der Waals surface area contributed by atoms with Crippen LogP contribution in [-0.2, 0) is 25.7 Å². The van der Waals surface area contributed by atoms with Gasteiger partial charge in [-0.1, -0.05) is 41.1 Å². The molecule has 0 bridgehead atoms. The van der Waals surface area contributed by atoms with Crippen molar-refractivity contribution < 1.29 is 19.1 Å². The quantitative estimate of drug-likeness (QED) is 0.481. The van der Waals surface area contributed by atoms with Gasteiger partial charge in [-0.3, -0.25) is 14.4 Å². The Labute approximate surface area is 181 Å². The normalized spacial score (nSPS) is 11.8. The highest BCUT2D eigenvalue weighted by Crippen LogP contribution is 2.22. The van der Waals surface area contributed by atoms with Gasteiger partial charge in [0, 0.05) is 23.7 Å². The van der Waals surface area contributed by atoms with Crippen LogP contribution in [0.25, 0.3) is 16.3 Å². The van der Waals surface area contributed by atoms with E-state index in [1.807, 2.05) is 6.07 Å². The molecule has 7 nitrogen and oxygen atoms in total. The number of methoxy groups -OCH3 is 1. The predicted octanol–water partition coefficient (Wildman–Crippen LogP) is 3.63. The van der Waals surface area contributed by atoms with Crippen LogP contribution in [-0.4, -0.2) is 29.5 Å². The number of thiazole rings is 1. The summed E-state index contributed by atoms with van der Waals surface area (Å²) in [5, 5.41) is 3.23. The smallest absolute Gasteiger partial charge is 0.325 e. The third kappa shape index (κ3) is 5.22. The monoisotopic (exact) mass is 443 g/mol. The Bertz CT molecular complexity index is 1230. The summed E-state index contributed by atoms with van der Waals surface area (Å²) < 4.78 is 7.12. The van der Waals surface area contributed by atoms with Gasteiger partial charge in [-0.25, -0.2) is 0 Å². The molecule has 0 saturated carbocycles. The number of benzene rings is 2. The number of carbonyl (C=O) groups is 3. The summed E-state index contributed by atoms with van der Waals surface area (Å²) in [5.74, 6) is -1.17. The molecule has 2 amide bonds. The van der Waals surface area contributed by atoms with Crippen molar-refractivity contribution in [2.45, 2.75) is 13.5 Å². The van der Waals surface area contributed by atoms with E-state index in [0.29, 0.717) is 26.6 Å². The van der Waals surface area contributed by atoms with Crippen LogP contribution in [0.2, 0.25) is 5.02 Å². The van der Waals surface area contributed by atoms with Crippen LogP contribution in [0.5, 0.6) is 0 Å². The van der Waals surface area contributed by atoms with Crippen LogP contribution < -0.4 is 10.1 Å². The van der Waals surface area contributed by atoms with Crippen LogP contribution in [0.1, 0.15) is 12.5 Å². The number of hydrogen-bond acceptors (Lipinski definition) is 5. The summed E-state index contributed by atoms with van der Waals surface area (Å²) in [4.78, 5) is 40.1. The fourth-order valence-electron chi connectivity index (χ4n) is 2.69. The van der Waals surface area contributed by atoms with E-state index in [9.17, 15) is 14.4 Å². The van der Waals surface area contributed by atoms with Crippen LogP contribution in [0, 0.1) is 0 Å². The number of rotatable bonds is 5. The number of hydrogen-bond donors (Lipinski definition) is 1. The highest BCUT2D eigenvalue weighted by atomic mass is 35.5. The van der Waals surface area contributed by atoms with E-state index in [-0.39, 0.29) is 12.5 Å². The zero-order valence-corrected chi connectivity index (χ0v) is 17.8.